The van der Waals surface area contributed by atoms with Crippen molar-refractivity contribution in [3.8, 4) is 6.07 Å². The Labute approximate surface area is 136 Å². The summed E-state index contributed by atoms with van der Waals surface area (Å²) in [6.45, 7) is 8.99. The summed E-state index contributed by atoms with van der Waals surface area (Å²) in [6.07, 6.45) is 1.65. The average Bonchev–Trinajstić information content (AvgIpc) is 2.91. The van der Waals surface area contributed by atoms with E-state index in [-0.39, 0.29) is 11.9 Å². The second-order valence-corrected chi connectivity index (χ2v) is 6.88. The number of piperazine rings is 1. The number of rotatable bonds is 5. The second kappa shape index (κ2) is 7.70. The van der Waals surface area contributed by atoms with Crippen LogP contribution in [0.15, 0.2) is 21.6 Å². The van der Waals surface area contributed by atoms with Crippen LogP contribution in [0.25, 0.3) is 0 Å². The largest absolute Gasteiger partial charge is 0.468 e. The van der Waals surface area contributed by atoms with Crippen LogP contribution in [0, 0.1) is 24.2 Å². The minimum Gasteiger partial charge on any atom is -0.468 e. The van der Waals surface area contributed by atoms with Crippen LogP contribution in [0.5, 0.6) is 0 Å². The number of carbonyl (C=O) groups excluding carboxylic acids is 1. The lowest BCUT2D eigenvalue weighted by atomic mass is 10.0. The van der Waals surface area contributed by atoms with Crippen LogP contribution in [0.1, 0.15) is 19.6 Å². The number of thioether (sulfide) groups is 1. The fourth-order valence-electron chi connectivity index (χ4n) is 2.66. The number of hydrogen-bond acceptors (Lipinski definition) is 5. The molecular formula is C16H23N3O2S. The number of amides is 1. The number of furan rings is 1. The molecule has 1 aliphatic rings. The molecule has 0 bridgehead atoms. The summed E-state index contributed by atoms with van der Waals surface area (Å²) in [5.74, 6) is 1.76. The predicted molar refractivity (Wildman–Crippen MR) is 86.6 cm³/mol. The second-order valence-electron chi connectivity index (χ2n) is 5.86. The number of nitriles is 1. The third-order valence-corrected chi connectivity index (χ3v) is 5.11. The fourth-order valence-corrected chi connectivity index (χ4v) is 3.52. The molecule has 0 aromatic carbocycles. The van der Waals surface area contributed by atoms with Gasteiger partial charge in [0.1, 0.15) is 11.8 Å². The monoisotopic (exact) mass is 321 g/mol. The minimum atomic E-state index is -0.0554. The predicted octanol–water partition coefficient (Wildman–Crippen LogP) is 2.37. The summed E-state index contributed by atoms with van der Waals surface area (Å²) in [6, 6.07) is 4.21. The van der Waals surface area contributed by atoms with Crippen molar-refractivity contribution in [2.45, 2.75) is 31.7 Å². The Morgan fingerprint density at radius 1 is 1.41 bits per heavy atom. The molecule has 1 atom stereocenters. The van der Waals surface area contributed by atoms with Crippen LogP contribution in [0.4, 0.5) is 0 Å². The molecule has 22 heavy (non-hydrogen) atoms. The molecular weight excluding hydrogens is 298 g/mol. The van der Waals surface area contributed by atoms with Crippen LogP contribution >= 0.6 is 11.8 Å². The van der Waals surface area contributed by atoms with E-state index in [0.717, 1.165) is 23.7 Å². The Balaban J connectivity index is 1.80. The molecule has 0 aliphatic carbocycles. The molecule has 120 valence electrons. The third kappa shape index (κ3) is 4.05. The minimum absolute atomic E-state index is 0.0554. The van der Waals surface area contributed by atoms with E-state index in [1.807, 2.05) is 17.9 Å². The van der Waals surface area contributed by atoms with Crippen LogP contribution in [0.2, 0.25) is 0 Å². The zero-order valence-corrected chi connectivity index (χ0v) is 14.2. The van der Waals surface area contributed by atoms with Crippen molar-refractivity contribution in [1.29, 1.82) is 5.26 Å². The van der Waals surface area contributed by atoms with E-state index in [4.69, 9.17) is 4.42 Å². The quantitative estimate of drug-likeness (QED) is 0.779. The van der Waals surface area contributed by atoms with Gasteiger partial charge in [-0.25, -0.2) is 0 Å². The molecule has 0 spiro atoms. The van der Waals surface area contributed by atoms with E-state index in [1.165, 1.54) is 11.8 Å². The van der Waals surface area contributed by atoms with E-state index in [9.17, 15) is 10.1 Å². The topological polar surface area (TPSA) is 60.5 Å². The molecule has 0 unspecified atom stereocenters. The van der Waals surface area contributed by atoms with Gasteiger partial charge in [0.2, 0.25) is 5.91 Å². The molecule has 1 aliphatic heterocycles. The summed E-state index contributed by atoms with van der Waals surface area (Å²) in [4.78, 5) is 17.4. The molecule has 1 amide bonds. The number of hydrogen-bond donors (Lipinski definition) is 0. The first-order valence-corrected chi connectivity index (χ1v) is 8.59. The molecule has 6 heteroatoms. The SMILES string of the molecule is Cc1occc1SCC(=O)N1CCN([C@H](C#N)C(C)C)CC1. The van der Waals surface area contributed by atoms with Crippen LogP contribution < -0.4 is 0 Å². The molecule has 0 N–H and O–H groups in total. The molecule has 5 nitrogen and oxygen atoms in total. The van der Waals surface area contributed by atoms with Crippen LogP contribution in [0.3, 0.4) is 0 Å². The Hall–Kier alpha value is -1.45. The van der Waals surface area contributed by atoms with Crippen molar-refractivity contribution in [2.24, 2.45) is 5.92 Å². The molecule has 0 radical (unpaired) electrons. The van der Waals surface area contributed by atoms with Gasteiger partial charge in [-0.3, -0.25) is 9.69 Å². The van der Waals surface area contributed by atoms with Gasteiger partial charge in [0.25, 0.3) is 0 Å². The van der Waals surface area contributed by atoms with Gasteiger partial charge in [-0.05, 0) is 18.9 Å². The zero-order valence-electron chi connectivity index (χ0n) is 13.4. The molecule has 2 rings (SSSR count). The first-order valence-electron chi connectivity index (χ1n) is 7.61. The maximum absolute atomic E-state index is 12.3. The number of nitrogens with zero attached hydrogens (tertiary/aromatic N) is 3. The first-order chi connectivity index (χ1) is 10.5. The van der Waals surface area contributed by atoms with E-state index < -0.39 is 0 Å². The highest BCUT2D eigenvalue weighted by Gasteiger charge is 2.27. The first kappa shape index (κ1) is 16.9. The number of aryl methyl sites for hydroxylation is 1. The van der Waals surface area contributed by atoms with Gasteiger partial charge in [-0.1, -0.05) is 13.8 Å². The Bertz CT molecular complexity index is 542. The van der Waals surface area contributed by atoms with Crippen LogP contribution in [-0.4, -0.2) is 53.7 Å². The Kier molecular flexibility index (Phi) is 5.92. The highest BCUT2D eigenvalue weighted by Crippen LogP contribution is 2.23. The molecule has 1 aromatic rings. The van der Waals surface area contributed by atoms with Gasteiger partial charge < -0.3 is 9.32 Å². The van der Waals surface area contributed by atoms with E-state index in [2.05, 4.69) is 24.8 Å². The summed E-state index contributed by atoms with van der Waals surface area (Å²) in [7, 11) is 0. The van der Waals surface area contributed by atoms with E-state index >= 15 is 0 Å². The van der Waals surface area contributed by atoms with Gasteiger partial charge in [-0.2, -0.15) is 5.26 Å². The Morgan fingerprint density at radius 3 is 2.59 bits per heavy atom. The fraction of sp³-hybridized carbons (Fsp3) is 0.625. The van der Waals surface area contributed by atoms with Gasteiger partial charge in [-0.15, -0.1) is 11.8 Å². The molecule has 1 saturated heterocycles. The van der Waals surface area contributed by atoms with Gasteiger partial charge in [0.15, 0.2) is 0 Å². The smallest absolute Gasteiger partial charge is 0.233 e. The Morgan fingerprint density at radius 2 is 2.09 bits per heavy atom. The molecule has 1 aromatic heterocycles. The zero-order chi connectivity index (χ0) is 16.1. The van der Waals surface area contributed by atoms with Gasteiger partial charge >= 0.3 is 0 Å². The molecule has 1 fully saturated rings. The summed E-state index contributed by atoms with van der Waals surface area (Å²) in [5, 5.41) is 9.26. The average molecular weight is 321 g/mol. The van der Waals surface area contributed by atoms with E-state index in [0.29, 0.717) is 24.8 Å². The van der Waals surface area contributed by atoms with Crippen molar-refractivity contribution in [1.82, 2.24) is 9.80 Å². The molecule has 0 saturated carbocycles. The van der Waals surface area contributed by atoms with Crippen molar-refractivity contribution in [3.63, 3.8) is 0 Å². The summed E-state index contributed by atoms with van der Waals surface area (Å²) < 4.78 is 5.23. The highest BCUT2D eigenvalue weighted by molar-refractivity contribution is 8.00. The molecule has 2 heterocycles. The van der Waals surface area contributed by atoms with Crippen molar-refractivity contribution in [2.75, 3.05) is 31.9 Å². The lowest BCUT2D eigenvalue weighted by Crippen LogP contribution is -2.53. The van der Waals surface area contributed by atoms with Crippen molar-refractivity contribution >= 4 is 17.7 Å². The van der Waals surface area contributed by atoms with Crippen LogP contribution in [-0.2, 0) is 4.79 Å². The lowest BCUT2D eigenvalue weighted by molar-refractivity contribution is -0.130. The van der Waals surface area contributed by atoms with Gasteiger partial charge in [0.05, 0.1) is 18.1 Å². The maximum atomic E-state index is 12.3. The third-order valence-electron chi connectivity index (χ3n) is 3.99. The van der Waals surface area contributed by atoms with Crippen molar-refractivity contribution < 1.29 is 9.21 Å². The maximum Gasteiger partial charge on any atom is 0.233 e. The number of carbonyl (C=O) groups is 1. The van der Waals surface area contributed by atoms with E-state index in [1.54, 1.807) is 6.26 Å². The summed E-state index contributed by atoms with van der Waals surface area (Å²) >= 11 is 1.52. The van der Waals surface area contributed by atoms with Crippen molar-refractivity contribution in [3.05, 3.63) is 18.1 Å². The normalized spacial score (nSPS) is 17.5. The summed E-state index contributed by atoms with van der Waals surface area (Å²) in [5.41, 5.74) is 0. The lowest BCUT2D eigenvalue weighted by Gasteiger charge is -2.38. The van der Waals surface area contributed by atoms with Gasteiger partial charge in [0, 0.05) is 31.1 Å². The highest BCUT2D eigenvalue weighted by atomic mass is 32.2. The standard InChI is InChI=1S/C16H23N3O2S/c1-12(2)14(10-17)18-5-7-19(8-6-18)16(20)11-22-15-4-9-21-13(15)3/h4,9,12,14H,5-8,11H2,1-3H3/t14-/m1/s1.